The van der Waals surface area contributed by atoms with E-state index in [1.165, 1.54) is 15.6 Å². The molecule has 1 fully saturated rings. The van der Waals surface area contributed by atoms with Crippen molar-refractivity contribution in [3.63, 3.8) is 0 Å². The highest BCUT2D eigenvalue weighted by Gasteiger charge is 2.39. The van der Waals surface area contributed by atoms with Crippen LogP contribution in [0.3, 0.4) is 0 Å². The Morgan fingerprint density at radius 3 is 2.48 bits per heavy atom. The number of likely N-dealkylation sites (N-methyl/N-ethyl adjacent to an activating group) is 1. The maximum Gasteiger partial charge on any atom is 0.309 e. The Balaban J connectivity index is 1.32. The number of carbonyl (C=O) groups is 2. The molecule has 0 spiro atoms. The Hall–Kier alpha value is -2.49. The molecule has 0 aliphatic carbocycles. The highest BCUT2D eigenvalue weighted by molar-refractivity contribution is 7.91. The molecule has 0 bridgehead atoms. The van der Waals surface area contributed by atoms with Crippen molar-refractivity contribution in [2.45, 2.75) is 36.3 Å². The number of benzene rings is 1. The molecule has 2 aromatic rings. The zero-order chi connectivity index (χ0) is 23.8. The van der Waals surface area contributed by atoms with Crippen molar-refractivity contribution in [1.82, 2.24) is 4.31 Å². The Labute approximate surface area is 198 Å². The van der Waals surface area contributed by atoms with Crippen LogP contribution in [0.25, 0.3) is 0 Å². The molecule has 2 aliphatic heterocycles. The van der Waals surface area contributed by atoms with Crippen LogP contribution in [-0.2, 0) is 29.8 Å². The summed E-state index contributed by atoms with van der Waals surface area (Å²) in [5.41, 5.74) is 2.73. The third kappa shape index (κ3) is 4.49. The summed E-state index contributed by atoms with van der Waals surface area (Å²) < 4.78 is 32.3. The second kappa shape index (κ2) is 9.04. The monoisotopic (exact) mass is 488 g/mol. The van der Waals surface area contributed by atoms with Crippen molar-refractivity contribution in [1.29, 1.82) is 0 Å². The number of fused-ring (bicyclic) bond motifs is 1. The highest BCUT2D eigenvalue weighted by Crippen LogP contribution is 2.46. The molecule has 1 aromatic carbocycles. The van der Waals surface area contributed by atoms with Gasteiger partial charge in [-0.05, 0) is 35.9 Å². The largest absolute Gasteiger partial charge is 0.457 e. The average molecular weight is 489 g/mol. The predicted molar refractivity (Wildman–Crippen MR) is 128 cm³/mol. The van der Waals surface area contributed by atoms with Crippen LogP contribution in [0.15, 0.2) is 57.8 Å². The van der Waals surface area contributed by atoms with Gasteiger partial charge in [0.1, 0.15) is 4.21 Å². The maximum absolute atomic E-state index is 12.6. The lowest BCUT2D eigenvalue weighted by molar-refractivity contribution is -0.152. The second-order valence-corrected chi connectivity index (χ2v) is 12.0. The third-order valence-corrected chi connectivity index (χ3v) is 9.74. The summed E-state index contributed by atoms with van der Waals surface area (Å²) in [4.78, 5) is 27.1. The molecule has 7 nitrogen and oxygen atoms in total. The smallest absolute Gasteiger partial charge is 0.309 e. The lowest BCUT2D eigenvalue weighted by Crippen LogP contribution is -2.40. The van der Waals surface area contributed by atoms with Crippen molar-refractivity contribution in [2.24, 2.45) is 5.92 Å². The predicted octanol–water partition coefficient (Wildman–Crippen LogP) is 3.57. The number of piperidine rings is 1. The number of sulfonamides is 1. The van der Waals surface area contributed by atoms with Gasteiger partial charge in [-0.1, -0.05) is 38.1 Å². The molecule has 33 heavy (non-hydrogen) atoms. The molecule has 176 valence electrons. The minimum absolute atomic E-state index is 0.259. The number of hydrogen-bond acceptors (Lipinski definition) is 7. The number of carbonyl (C=O) groups excluding carboxylic acids is 2. The van der Waals surface area contributed by atoms with E-state index in [0.29, 0.717) is 17.1 Å². The molecular weight excluding hydrogens is 460 g/mol. The molecule has 3 heterocycles. The summed E-state index contributed by atoms with van der Waals surface area (Å²) in [6.45, 7) is 4.33. The standard InChI is InChI=1S/C24H28N2O5S2/c1-24(2)19-7-4-5-8-20(19)25(3)21(24)15-18(27)16-31-23(28)17-10-12-26(13-11-17)33(29,30)22-9-6-14-32-22/h4-9,14-15,17H,10-13,16H2,1-3H3/b21-15-. The molecule has 4 rings (SSSR count). The number of para-hydroxylation sites is 1. The van der Waals surface area contributed by atoms with Gasteiger partial charge in [-0.3, -0.25) is 9.59 Å². The van der Waals surface area contributed by atoms with E-state index >= 15 is 0 Å². The summed E-state index contributed by atoms with van der Waals surface area (Å²) in [6.07, 6.45) is 2.32. The van der Waals surface area contributed by atoms with Crippen LogP contribution in [0.2, 0.25) is 0 Å². The van der Waals surface area contributed by atoms with E-state index in [1.807, 2.05) is 30.1 Å². The molecule has 0 N–H and O–H groups in total. The maximum atomic E-state index is 12.6. The van der Waals surface area contributed by atoms with Gasteiger partial charge in [0.25, 0.3) is 10.0 Å². The van der Waals surface area contributed by atoms with E-state index in [2.05, 4.69) is 19.9 Å². The van der Waals surface area contributed by atoms with Crippen LogP contribution in [0, 0.1) is 5.92 Å². The molecule has 0 atom stereocenters. The minimum atomic E-state index is -3.51. The minimum Gasteiger partial charge on any atom is -0.457 e. The van der Waals surface area contributed by atoms with E-state index in [4.69, 9.17) is 4.74 Å². The summed E-state index contributed by atoms with van der Waals surface area (Å²) >= 11 is 1.18. The van der Waals surface area contributed by atoms with Crippen LogP contribution in [0.1, 0.15) is 32.3 Å². The quantitative estimate of drug-likeness (QED) is 0.457. The second-order valence-electron chi connectivity index (χ2n) is 8.92. The van der Waals surface area contributed by atoms with Gasteiger partial charge in [0, 0.05) is 43.0 Å². The molecule has 9 heteroatoms. The van der Waals surface area contributed by atoms with Gasteiger partial charge in [0.2, 0.25) is 0 Å². The number of anilines is 1. The number of hydrogen-bond donors (Lipinski definition) is 0. The Kier molecular flexibility index (Phi) is 6.48. The van der Waals surface area contributed by atoms with E-state index < -0.39 is 21.9 Å². The molecule has 0 unspecified atom stereocenters. The van der Waals surface area contributed by atoms with Crippen molar-refractivity contribution in [3.05, 3.63) is 59.1 Å². The van der Waals surface area contributed by atoms with Gasteiger partial charge in [-0.2, -0.15) is 4.31 Å². The van der Waals surface area contributed by atoms with E-state index in [0.717, 1.165) is 16.9 Å². The number of ketones is 1. The molecule has 1 saturated heterocycles. The van der Waals surface area contributed by atoms with Gasteiger partial charge >= 0.3 is 5.97 Å². The number of ether oxygens (including phenoxy) is 1. The number of esters is 1. The summed E-state index contributed by atoms with van der Waals surface area (Å²) in [5.74, 6) is -1.13. The van der Waals surface area contributed by atoms with Crippen LogP contribution >= 0.6 is 11.3 Å². The number of allylic oxidation sites excluding steroid dienone is 1. The molecule has 0 amide bonds. The molecule has 1 aromatic heterocycles. The molecule has 0 saturated carbocycles. The van der Waals surface area contributed by atoms with E-state index in [9.17, 15) is 18.0 Å². The normalized spacial score (nSPS) is 20.1. The first-order valence-corrected chi connectivity index (χ1v) is 13.2. The van der Waals surface area contributed by atoms with Crippen LogP contribution < -0.4 is 4.90 Å². The first-order chi connectivity index (χ1) is 15.6. The summed E-state index contributed by atoms with van der Waals surface area (Å²) in [5, 5.41) is 1.73. The van der Waals surface area contributed by atoms with Crippen LogP contribution in [0.5, 0.6) is 0 Å². The lowest BCUT2D eigenvalue weighted by Gasteiger charge is -2.29. The lowest BCUT2D eigenvalue weighted by atomic mass is 9.83. The van der Waals surface area contributed by atoms with Gasteiger partial charge in [0.05, 0.1) is 5.92 Å². The van der Waals surface area contributed by atoms with Gasteiger partial charge in [-0.15, -0.1) is 11.3 Å². The number of nitrogens with zero attached hydrogens (tertiary/aromatic N) is 2. The fraction of sp³-hybridized carbons (Fsp3) is 0.417. The van der Waals surface area contributed by atoms with Gasteiger partial charge in [-0.25, -0.2) is 8.42 Å². The SMILES string of the molecule is CN1/C(=C\C(=O)COC(=O)C2CCN(S(=O)(=O)c3cccs3)CC2)C(C)(C)c2ccccc21. The first-order valence-electron chi connectivity index (χ1n) is 10.9. The number of rotatable bonds is 6. The van der Waals surface area contributed by atoms with Crippen molar-refractivity contribution in [3.8, 4) is 0 Å². The topological polar surface area (TPSA) is 84.0 Å². The average Bonchev–Trinajstić information content (AvgIpc) is 3.41. The van der Waals surface area contributed by atoms with E-state index in [-0.39, 0.29) is 30.9 Å². The fourth-order valence-electron chi connectivity index (χ4n) is 4.58. The molecule has 2 aliphatic rings. The summed E-state index contributed by atoms with van der Waals surface area (Å²) in [6, 6.07) is 11.3. The Bertz CT molecular complexity index is 1180. The first kappa shape index (κ1) is 23.7. The fourth-order valence-corrected chi connectivity index (χ4v) is 7.20. The zero-order valence-electron chi connectivity index (χ0n) is 19.0. The van der Waals surface area contributed by atoms with Crippen LogP contribution in [0.4, 0.5) is 5.69 Å². The summed E-state index contributed by atoms with van der Waals surface area (Å²) in [7, 11) is -1.59. The van der Waals surface area contributed by atoms with E-state index in [1.54, 1.807) is 23.6 Å². The Morgan fingerprint density at radius 2 is 1.85 bits per heavy atom. The highest BCUT2D eigenvalue weighted by atomic mass is 32.2. The third-order valence-electron chi connectivity index (χ3n) is 6.47. The van der Waals surface area contributed by atoms with Gasteiger partial charge in [0.15, 0.2) is 12.4 Å². The van der Waals surface area contributed by atoms with Gasteiger partial charge < -0.3 is 9.64 Å². The molecular formula is C24H28N2O5S2. The van der Waals surface area contributed by atoms with Crippen LogP contribution in [-0.4, -0.2) is 51.2 Å². The zero-order valence-corrected chi connectivity index (χ0v) is 20.6. The van der Waals surface area contributed by atoms with Crippen molar-refractivity contribution >= 4 is 38.8 Å². The Morgan fingerprint density at radius 1 is 1.15 bits per heavy atom. The number of thiophene rings is 1. The van der Waals surface area contributed by atoms with Crippen molar-refractivity contribution in [2.75, 3.05) is 31.6 Å². The van der Waals surface area contributed by atoms with Crippen molar-refractivity contribution < 1.29 is 22.7 Å². The molecule has 0 radical (unpaired) electrons.